The summed E-state index contributed by atoms with van der Waals surface area (Å²) < 4.78 is 23.5. The van der Waals surface area contributed by atoms with Crippen molar-refractivity contribution in [2.45, 2.75) is 32.2 Å². The van der Waals surface area contributed by atoms with Gasteiger partial charge >= 0.3 is 13.9 Å². The van der Waals surface area contributed by atoms with E-state index in [1.807, 2.05) is 0 Å². The van der Waals surface area contributed by atoms with Crippen LogP contribution in [-0.2, 0) is 18.6 Å². The van der Waals surface area contributed by atoms with E-state index in [-0.39, 0.29) is 6.61 Å². The normalized spacial score (nSPS) is 21.7. The number of amides is 1. The Balaban J connectivity index is 1.90. The number of nitrogens with two attached hydrogens (primary N) is 1. The molecule has 0 aliphatic carbocycles. The van der Waals surface area contributed by atoms with Gasteiger partial charge in [0.25, 0.3) is 5.56 Å². The van der Waals surface area contributed by atoms with Gasteiger partial charge in [-0.3, -0.25) is 19.1 Å². The van der Waals surface area contributed by atoms with Crippen LogP contribution in [0.3, 0.4) is 0 Å². The zero-order chi connectivity index (χ0) is 17.9. The first-order chi connectivity index (χ1) is 11.3. The molecular formula is C13H18N4O6P+. The van der Waals surface area contributed by atoms with Crippen LogP contribution < -0.4 is 22.1 Å². The molecule has 4 atom stereocenters. The summed E-state index contributed by atoms with van der Waals surface area (Å²) >= 11 is 0. The summed E-state index contributed by atoms with van der Waals surface area (Å²) in [6.07, 6.45) is 3.45. The van der Waals surface area contributed by atoms with E-state index in [1.165, 1.54) is 17.7 Å². The van der Waals surface area contributed by atoms with E-state index >= 15 is 0 Å². The number of carbonyl (C=O) groups is 1. The van der Waals surface area contributed by atoms with Crippen LogP contribution in [0.2, 0.25) is 0 Å². The predicted octanol–water partition coefficient (Wildman–Crippen LogP) is -0.564. The summed E-state index contributed by atoms with van der Waals surface area (Å²) in [7, 11) is -2.28. The van der Waals surface area contributed by atoms with Gasteiger partial charge in [-0.15, -0.1) is 4.52 Å². The highest BCUT2D eigenvalue weighted by atomic mass is 31.1. The highest BCUT2D eigenvalue weighted by molar-refractivity contribution is 7.36. The average Bonchev–Trinajstić information content (AvgIpc) is 2.97. The molecule has 2 heterocycles. The Morgan fingerprint density at radius 1 is 1.54 bits per heavy atom. The molecule has 1 aromatic rings. The smallest absolute Gasteiger partial charge is 0.368 e. The van der Waals surface area contributed by atoms with Gasteiger partial charge in [-0.25, -0.2) is 4.79 Å². The highest BCUT2D eigenvalue weighted by Crippen LogP contribution is 2.24. The molecule has 1 aliphatic heterocycles. The van der Waals surface area contributed by atoms with Gasteiger partial charge in [0.05, 0.1) is 0 Å². The predicted molar refractivity (Wildman–Crippen MR) is 84.5 cm³/mol. The number of primary amides is 1. The molecule has 130 valence electrons. The molecule has 0 fully saturated rings. The van der Waals surface area contributed by atoms with E-state index in [0.29, 0.717) is 5.56 Å². The number of aromatic nitrogens is 2. The molecule has 2 rings (SSSR count). The Labute approximate surface area is 137 Å². The van der Waals surface area contributed by atoms with Crippen LogP contribution in [0.1, 0.15) is 18.7 Å². The fourth-order valence-electron chi connectivity index (χ4n) is 1.92. The fraction of sp³-hybridized carbons (Fsp3) is 0.462. The lowest BCUT2D eigenvalue weighted by Crippen LogP contribution is -2.35. The van der Waals surface area contributed by atoms with E-state index in [2.05, 4.69) is 10.1 Å². The fourth-order valence-corrected chi connectivity index (χ4v) is 2.72. The van der Waals surface area contributed by atoms with Crippen molar-refractivity contribution in [2.75, 3.05) is 6.61 Å². The van der Waals surface area contributed by atoms with Crippen molar-refractivity contribution in [3.8, 4) is 0 Å². The third-order valence-corrected chi connectivity index (χ3v) is 4.29. The van der Waals surface area contributed by atoms with Crippen LogP contribution in [0, 0.1) is 6.92 Å². The second-order valence-corrected chi connectivity index (χ2v) is 6.27. The Bertz CT molecular complexity index is 785. The first-order valence-electron chi connectivity index (χ1n) is 7.09. The summed E-state index contributed by atoms with van der Waals surface area (Å²) in [5.41, 5.74) is 4.37. The SMILES string of the molecule is Cc1cn([C@H]2C=C[C@@H](CO[P+](=O)N[C@@H](C)C(N)=O)O2)c(=O)[nH]c1=O. The highest BCUT2D eigenvalue weighted by Gasteiger charge is 2.29. The van der Waals surface area contributed by atoms with Gasteiger partial charge in [-0.05, 0) is 24.5 Å². The molecule has 10 nitrogen and oxygen atoms in total. The van der Waals surface area contributed by atoms with Crippen LogP contribution in [-0.4, -0.2) is 34.2 Å². The van der Waals surface area contributed by atoms with Crippen molar-refractivity contribution >= 4 is 14.1 Å². The Morgan fingerprint density at radius 2 is 2.25 bits per heavy atom. The van der Waals surface area contributed by atoms with Crippen LogP contribution in [0.4, 0.5) is 0 Å². The largest absolute Gasteiger partial charge is 0.613 e. The topological polar surface area (TPSA) is 146 Å². The third-order valence-electron chi connectivity index (χ3n) is 3.31. The lowest BCUT2D eigenvalue weighted by Gasteiger charge is -2.15. The second-order valence-electron chi connectivity index (χ2n) is 5.23. The van der Waals surface area contributed by atoms with E-state index in [4.69, 9.17) is 15.0 Å². The van der Waals surface area contributed by atoms with E-state index in [1.54, 1.807) is 19.1 Å². The van der Waals surface area contributed by atoms with Crippen LogP contribution in [0.15, 0.2) is 27.9 Å². The van der Waals surface area contributed by atoms with Gasteiger partial charge in [-0.1, -0.05) is 11.2 Å². The molecule has 0 bridgehead atoms. The number of nitrogens with one attached hydrogen (secondary N) is 2. The molecule has 1 amide bonds. The average molecular weight is 357 g/mol. The van der Waals surface area contributed by atoms with Gasteiger partial charge in [-0.2, -0.15) is 0 Å². The zero-order valence-electron chi connectivity index (χ0n) is 13.1. The number of ether oxygens (including phenoxy) is 1. The molecule has 24 heavy (non-hydrogen) atoms. The van der Waals surface area contributed by atoms with Gasteiger partial charge in [0.2, 0.25) is 5.91 Å². The number of carbonyl (C=O) groups excluding carboxylic acids is 1. The lowest BCUT2D eigenvalue weighted by molar-refractivity contribution is -0.119. The van der Waals surface area contributed by atoms with E-state index in [9.17, 15) is 18.9 Å². The Hall–Kier alpha value is -2.13. The lowest BCUT2D eigenvalue weighted by atomic mass is 10.3. The van der Waals surface area contributed by atoms with Crippen LogP contribution >= 0.6 is 8.18 Å². The molecule has 1 aliphatic rings. The molecule has 1 unspecified atom stereocenters. The van der Waals surface area contributed by atoms with Gasteiger partial charge < -0.3 is 10.5 Å². The minimum absolute atomic E-state index is 0.0439. The monoisotopic (exact) mass is 357 g/mol. The molecule has 1 aromatic heterocycles. The van der Waals surface area contributed by atoms with Crippen LogP contribution in [0.5, 0.6) is 0 Å². The van der Waals surface area contributed by atoms with E-state index in [0.717, 1.165) is 0 Å². The maximum absolute atomic E-state index is 11.8. The minimum Gasteiger partial charge on any atom is -0.368 e. The van der Waals surface area contributed by atoms with Gasteiger partial charge in [0.1, 0.15) is 18.8 Å². The summed E-state index contributed by atoms with van der Waals surface area (Å²) in [5.74, 6) is -0.646. The number of nitrogens with zero attached hydrogens (tertiary/aromatic N) is 1. The first kappa shape index (κ1) is 18.2. The molecule has 0 radical (unpaired) electrons. The van der Waals surface area contributed by atoms with Crippen molar-refractivity contribution in [3.05, 3.63) is 44.8 Å². The van der Waals surface area contributed by atoms with Gasteiger partial charge in [0, 0.05) is 11.8 Å². The molecule has 0 saturated carbocycles. The third kappa shape index (κ3) is 4.45. The first-order valence-corrected chi connectivity index (χ1v) is 8.27. The van der Waals surface area contributed by atoms with Crippen molar-refractivity contribution in [1.29, 1.82) is 0 Å². The van der Waals surface area contributed by atoms with Gasteiger partial charge in [0.15, 0.2) is 6.23 Å². The van der Waals surface area contributed by atoms with E-state index < -0.39 is 43.7 Å². The number of rotatable bonds is 7. The molecule has 0 saturated heterocycles. The molecule has 0 aromatic carbocycles. The van der Waals surface area contributed by atoms with Crippen molar-refractivity contribution in [3.63, 3.8) is 0 Å². The zero-order valence-corrected chi connectivity index (χ0v) is 14.0. The molecular weight excluding hydrogens is 339 g/mol. The number of aromatic amines is 1. The summed E-state index contributed by atoms with van der Waals surface area (Å²) in [6.45, 7) is 2.99. The summed E-state index contributed by atoms with van der Waals surface area (Å²) in [5, 5.41) is 2.41. The Morgan fingerprint density at radius 3 is 2.92 bits per heavy atom. The van der Waals surface area contributed by atoms with Crippen LogP contribution in [0.25, 0.3) is 0 Å². The second kappa shape index (κ2) is 7.63. The maximum Gasteiger partial charge on any atom is 0.613 e. The van der Waals surface area contributed by atoms with Crippen molar-refractivity contribution in [1.82, 2.24) is 14.6 Å². The quantitative estimate of drug-likeness (QED) is 0.438. The molecule has 0 spiro atoms. The maximum atomic E-state index is 11.8. The molecule has 11 heteroatoms. The van der Waals surface area contributed by atoms with Crippen molar-refractivity contribution < 1.29 is 18.6 Å². The summed E-state index contributed by atoms with van der Waals surface area (Å²) in [4.78, 5) is 36.2. The number of hydrogen-bond donors (Lipinski definition) is 3. The number of aryl methyl sites for hydroxylation is 1. The Kier molecular flexibility index (Phi) is 5.79. The van der Waals surface area contributed by atoms with Crippen molar-refractivity contribution in [2.24, 2.45) is 5.73 Å². The minimum atomic E-state index is -2.28. The molecule has 4 N–H and O–H groups in total. The standard InChI is InChI=1S/C13H17N4O6P/c1-7-5-17(13(20)15-12(7)19)10-4-3-9(23-10)6-22-24(21)16-8(2)11(14)18/h3-5,8-10H,6H2,1-2H3,(H3-,14,15,16,18,19,20,21)/p+1/t8-,9-,10+/m0/s1. The summed E-state index contributed by atoms with van der Waals surface area (Å²) in [6, 6.07) is -0.788. The number of hydrogen-bond acceptors (Lipinski definition) is 6. The number of H-pyrrole nitrogens is 1.